The molecule has 1 aliphatic rings. The van der Waals surface area contributed by atoms with Crippen LogP contribution in [0.25, 0.3) is 0 Å². The molecule has 0 radical (unpaired) electrons. The van der Waals surface area contributed by atoms with Gasteiger partial charge in [-0.2, -0.15) is 0 Å². The fourth-order valence-corrected chi connectivity index (χ4v) is 3.02. The number of nitrogens with one attached hydrogen (secondary N) is 1. The first-order valence-electron chi connectivity index (χ1n) is 8.32. The van der Waals surface area contributed by atoms with E-state index in [2.05, 4.69) is 36.1 Å². The first-order valence-corrected chi connectivity index (χ1v) is 8.32. The summed E-state index contributed by atoms with van der Waals surface area (Å²) in [5, 5.41) is 3.31. The molecule has 5 nitrogen and oxygen atoms in total. The summed E-state index contributed by atoms with van der Waals surface area (Å²) in [4.78, 5) is 16.5. The molecule has 0 saturated carbocycles. The zero-order valence-electron chi connectivity index (χ0n) is 14.3. The number of nitrogens with two attached hydrogens (primary N) is 1. The minimum Gasteiger partial charge on any atom is -0.368 e. The Morgan fingerprint density at radius 3 is 2.48 bits per heavy atom. The van der Waals surface area contributed by atoms with Gasteiger partial charge in [0, 0.05) is 6.04 Å². The van der Waals surface area contributed by atoms with Crippen molar-refractivity contribution in [3.63, 3.8) is 0 Å². The lowest BCUT2D eigenvalue weighted by atomic mass is 9.94. The highest BCUT2D eigenvalue weighted by molar-refractivity contribution is 5.84. The number of carbonyl (C=O) groups is 1. The Bertz CT molecular complexity index is 313. The molecule has 21 heavy (non-hydrogen) atoms. The molecule has 0 aromatic heterocycles. The number of carbonyl (C=O) groups excluding carboxylic acids is 1. The number of primary amides is 1. The number of nitrogens with zero attached hydrogens (tertiary/aromatic N) is 2. The number of hydrogen-bond donors (Lipinski definition) is 2. The maximum absolute atomic E-state index is 11.7. The van der Waals surface area contributed by atoms with Crippen molar-refractivity contribution in [3.05, 3.63) is 0 Å². The molecule has 0 aromatic rings. The van der Waals surface area contributed by atoms with Crippen molar-refractivity contribution in [2.24, 2.45) is 5.73 Å². The van der Waals surface area contributed by atoms with Crippen molar-refractivity contribution in [2.75, 3.05) is 40.3 Å². The number of amides is 1. The minimum absolute atomic E-state index is 0.234. The third-order valence-corrected chi connectivity index (χ3v) is 4.75. The Morgan fingerprint density at radius 1 is 1.38 bits per heavy atom. The zero-order chi connectivity index (χ0) is 15.9. The molecular formula is C16H34N4O. The molecular weight excluding hydrogens is 264 g/mol. The molecule has 1 aliphatic heterocycles. The lowest BCUT2D eigenvalue weighted by Crippen LogP contribution is -2.53. The SMILES string of the molecule is CCCNC(C)(CCCN1CCC(N(C)C)CC1)C(N)=O. The van der Waals surface area contributed by atoms with Crippen LogP contribution in [0.15, 0.2) is 0 Å². The molecule has 1 heterocycles. The smallest absolute Gasteiger partial charge is 0.237 e. The quantitative estimate of drug-likeness (QED) is 0.667. The molecule has 124 valence electrons. The van der Waals surface area contributed by atoms with Gasteiger partial charge in [-0.15, -0.1) is 0 Å². The van der Waals surface area contributed by atoms with E-state index in [1.807, 2.05) is 6.92 Å². The number of rotatable bonds is 9. The van der Waals surface area contributed by atoms with Crippen LogP contribution >= 0.6 is 0 Å². The van der Waals surface area contributed by atoms with Crippen molar-refractivity contribution in [3.8, 4) is 0 Å². The van der Waals surface area contributed by atoms with E-state index in [1.54, 1.807) is 0 Å². The summed E-state index contributed by atoms with van der Waals surface area (Å²) in [5.74, 6) is -0.234. The summed E-state index contributed by atoms with van der Waals surface area (Å²) >= 11 is 0. The molecule has 0 spiro atoms. The van der Waals surface area contributed by atoms with E-state index in [0.29, 0.717) is 0 Å². The van der Waals surface area contributed by atoms with E-state index in [0.717, 1.165) is 38.4 Å². The monoisotopic (exact) mass is 298 g/mol. The van der Waals surface area contributed by atoms with Gasteiger partial charge in [0.2, 0.25) is 5.91 Å². The normalized spacial score (nSPS) is 20.6. The van der Waals surface area contributed by atoms with Crippen molar-refractivity contribution in [1.82, 2.24) is 15.1 Å². The fraction of sp³-hybridized carbons (Fsp3) is 0.938. The summed E-state index contributed by atoms with van der Waals surface area (Å²) in [6, 6.07) is 0.725. The van der Waals surface area contributed by atoms with Crippen molar-refractivity contribution in [1.29, 1.82) is 0 Å². The molecule has 1 saturated heterocycles. The minimum atomic E-state index is -0.558. The van der Waals surface area contributed by atoms with Gasteiger partial charge >= 0.3 is 0 Å². The lowest BCUT2D eigenvalue weighted by molar-refractivity contribution is -0.124. The van der Waals surface area contributed by atoms with Crippen LogP contribution in [0.3, 0.4) is 0 Å². The van der Waals surface area contributed by atoms with Crippen LogP contribution in [0.2, 0.25) is 0 Å². The Labute approximate surface area is 130 Å². The zero-order valence-corrected chi connectivity index (χ0v) is 14.3. The summed E-state index contributed by atoms with van der Waals surface area (Å²) < 4.78 is 0. The fourth-order valence-electron chi connectivity index (χ4n) is 3.02. The third-order valence-electron chi connectivity index (χ3n) is 4.75. The predicted molar refractivity (Wildman–Crippen MR) is 88.3 cm³/mol. The summed E-state index contributed by atoms with van der Waals surface area (Å²) in [5.41, 5.74) is 5.00. The largest absolute Gasteiger partial charge is 0.368 e. The number of piperidine rings is 1. The van der Waals surface area contributed by atoms with Gasteiger partial charge in [0.05, 0.1) is 5.54 Å². The molecule has 0 aromatic carbocycles. The molecule has 3 N–H and O–H groups in total. The van der Waals surface area contributed by atoms with E-state index >= 15 is 0 Å². The molecule has 5 heteroatoms. The van der Waals surface area contributed by atoms with E-state index in [9.17, 15) is 4.79 Å². The second-order valence-electron chi connectivity index (χ2n) is 6.76. The average Bonchev–Trinajstić information content (AvgIpc) is 2.45. The second kappa shape index (κ2) is 8.71. The van der Waals surface area contributed by atoms with Crippen molar-refractivity contribution >= 4 is 5.91 Å². The van der Waals surface area contributed by atoms with E-state index in [4.69, 9.17) is 5.73 Å². The topological polar surface area (TPSA) is 61.6 Å². The highest BCUT2D eigenvalue weighted by Gasteiger charge is 2.30. The van der Waals surface area contributed by atoms with Gasteiger partial charge in [0.15, 0.2) is 0 Å². The lowest BCUT2D eigenvalue weighted by Gasteiger charge is -2.36. The third kappa shape index (κ3) is 5.93. The molecule has 1 atom stereocenters. The molecule has 0 aliphatic carbocycles. The average molecular weight is 298 g/mol. The number of hydrogen-bond acceptors (Lipinski definition) is 4. The van der Waals surface area contributed by atoms with E-state index in [1.165, 1.54) is 25.9 Å². The maximum atomic E-state index is 11.7. The van der Waals surface area contributed by atoms with Gasteiger partial charge in [-0.1, -0.05) is 6.92 Å². The van der Waals surface area contributed by atoms with Gasteiger partial charge in [-0.05, 0) is 79.3 Å². The first kappa shape index (κ1) is 18.4. The van der Waals surface area contributed by atoms with Crippen LogP contribution in [0.4, 0.5) is 0 Å². The molecule has 1 amide bonds. The van der Waals surface area contributed by atoms with Crippen molar-refractivity contribution < 1.29 is 4.79 Å². The summed E-state index contributed by atoms with van der Waals surface area (Å²) in [7, 11) is 4.33. The maximum Gasteiger partial charge on any atom is 0.237 e. The molecule has 1 unspecified atom stereocenters. The number of likely N-dealkylation sites (tertiary alicyclic amines) is 1. The Kier molecular flexibility index (Phi) is 7.63. The van der Waals surface area contributed by atoms with Gasteiger partial charge in [0.1, 0.15) is 0 Å². The van der Waals surface area contributed by atoms with Gasteiger partial charge < -0.3 is 20.9 Å². The first-order chi connectivity index (χ1) is 9.89. The summed E-state index contributed by atoms with van der Waals surface area (Å²) in [6.45, 7) is 8.27. The van der Waals surface area contributed by atoms with Gasteiger partial charge in [-0.3, -0.25) is 4.79 Å². The second-order valence-corrected chi connectivity index (χ2v) is 6.76. The Morgan fingerprint density at radius 2 is 2.00 bits per heavy atom. The predicted octanol–water partition coefficient (Wildman–Crippen LogP) is 1.04. The van der Waals surface area contributed by atoms with Gasteiger partial charge in [0.25, 0.3) is 0 Å². The summed E-state index contributed by atoms with van der Waals surface area (Å²) in [6.07, 6.45) is 5.34. The van der Waals surface area contributed by atoms with E-state index < -0.39 is 5.54 Å². The van der Waals surface area contributed by atoms with Crippen LogP contribution in [0.1, 0.15) is 46.0 Å². The van der Waals surface area contributed by atoms with E-state index in [-0.39, 0.29) is 5.91 Å². The molecule has 0 bridgehead atoms. The Hall–Kier alpha value is -0.650. The Balaban J connectivity index is 2.30. The van der Waals surface area contributed by atoms with Crippen LogP contribution in [0, 0.1) is 0 Å². The van der Waals surface area contributed by atoms with Crippen LogP contribution in [-0.4, -0.2) is 67.6 Å². The van der Waals surface area contributed by atoms with Crippen LogP contribution in [0.5, 0.6) is 0 Å². The van der Waals surface area contributed by atoms with Gasteiger partial charge in [-0.25, -0.2) is 0 Å². The molecule has 1 rings (SSSR count). The highest BCUT2D eigenvalue weighted by Crippen LogP contribution is 2.17. The van der Waals surface area contributed by atoms with Crippen LogP contribution < -0.4 is 11.1 Å². The molecule has 1 fully saturated rings. The standard InChI is InChI=1S/C16H34N4O/c1-5-10-18-16(2,15(17)21)9-6-11-20-12-7-14(8-13-20)19(3)4/h14,18H,5-13H2,1-4H3,(H2,17,21). The highest BCUT2D eigenvalue weighted by atomic mass is 16.1. The van der Waals surface area contributed by atoms with Crippen LogP contribution in [-0.2, 0) is 4.79 Å². The van der Waals surface area contributed by atoms with Crippen molar-refractivity contribution in [2.45, 2.75) is 57.5 Å².